The van der Waals surface area contributed by atoms with Gasteiger partial charge in [0.1, 0.15) is 4.90 Å². The van der Waals surface area contributed by atoms with E-state index in [0.29, 0.717) is 0 Å². The summed E-state index contributed by atoms with van der Waals surface area (Å²) in [5.41, 5.74) is -0.953. The molecule has 2 N–H and O–H groups in total. The average Bonchev–Trinajstić information content (AvgIpc) is 2.05. The number of sulfonamides is 1. The summed E-state index contributed by atoms with van der Waals surface area (Å²) in [4.78, 5) is 1.78. The summed E-state index contributed by atoms with van der Waals surface area (Å²) in [6.07, 6.45) is -2.32. The molecule has 0 radical (unpaired) electrons. The summed E-state index contributed by atoms with van der Waals surface area (Å²) in [7, 11) is -4.55. The molecule has 0 saturated heterocycles. The summed E-state index contributed by atoms with van der Waals surface area (Å²) in [5.74, 6) is -1.52. The van der Waals surface area contributed by atoms with E-state index in [2.05, 4.69) is 10.1 Å². The van der Waals surface area contributed by atoms with Crippen LogP contribution in [0.3, 0.4) is 0 Å². The predicted octanol–water partition coefficient (Wildman–Crippen LogP) is 1.41. The van der Waals surface area contributed by atoms with E-state index in [-0.39, 0.29) is 3.57 Å². The first-order chi connectivity index (χ1) is 6.75. The van der Waals surface area contributed by atoms with Gasteiger partial charge < -0.3 is 0 Å². The highest BCUT2D eigenvalue weighted by Gasteiger charge is 2.28. The number of pyridine rings is 1. The molecule has 0 fully saturated rings. The molecule has 0 spiro atoms. The van der Waals surface area contributed by atoms with Gasteiger partial charge in [0, 0.05) is 9.77 Å². The first-order valence-electron chi connectivity index (χ1n) is 3.40. The number of hydrogen-bond acceptors (Lipinski definition) is 3. The molecule has 9 heteroatoms. The molecule has 15 heavy (non-hydrogen) atoms. The summed E-state index contributed by atoms with van der Waals surface area (Å²) in [6, 6.07) is 0. The predicted molar refractivity (Wildman–Crippen MR) is 53.2 cm³/mol. The lowest BCUT2D eigenvalue weighted by atomic mass is 10.3. The smallest absolute Gasteiger partial charge is 0.226 e. The molecule has 1 rings (SSSR count). The van der Waals surface area contributed by atoms with Gasteiger partial charge in [-0.1, -0.05) is 0 Å². The highest BCUT2D eigenvalue weighted by atomic mass is 127. The van der Waals surface area contributed by atoms with Crippen LogP contribution >= 0.6 is 22.6 Å². The zero-order chi connectivity index (χ0) is 11.8. The van der Waals surface area contributed by atoms with Crippen LogP contribution in [0.2, 0.25) is 0 Å². The molecule has 4 nitrogen and oxygen atoms in total. The molecule has 0 atom stereocenters. The minimum atomic E-state index is -4.55. The Morgan fingerprint density at radius 1 is 1.47 bits per heavy atom. The molecule has 1 heterocycles. The standard InChI is InChI=1S/C6H4F3IN2O2S/c7-5(8)3-2(10)1-12-6(9)4(3)15(11,13)14/h1,5H,(H2,11,13,14). The van der Waals surface area contributed by atoms with Gasteiger partial charge in [-0.2, -0.15) is 4.39 Å². The number of halogens is 4. The minimum absolute atomic E-state index is 0.159. The second-order valence-corrected chi connectivity index (χ2v) is 5.15. The van der Waals surface area contributed by atoms with Crippen LogP contribution in [0.1, 0.15) is 12.0 Å². The van der Waals surface area contributed by atoms with E-state index in [0.717, 1.165) is 6.20 Å². The highest BCUT2D eigenvalue weighted by Crippen LogP contribution is 2.30. The van der Waals surface area contributed by atoms with E-state index < -0.39 is 32.9 Å². The zero-order valence-electron chi connectivity index (χ0n) is 6.92. The van der Waals surface area contributed by atoms with Crippen molar-refractivity contribution in [2.75, 3.05) is 0 Å². The van der Waals surface area contributed by atoms with Gasteiger partial charge in [-0.15, -0.1) is 0 Å². The van der Waals surface area contributed by atoms with Crippen LogP contribution in [0, 0.1) is 9.52 Å². The molecule has 0 aliphatic carbocycles. The van der Waals surface area contributed by atoms with Crippen molar-refractivity contribution in [2.45, 2.75) is 11.3 Å². The summed E-state index contributed by atoms with van der Waals surface area (Å²) in [6.45, 7) is 0. The fourth-order valence-electron chi connectivity index (χ4n) is 0.935. The van der Waals surface area contributed by atoms with Gasteiger partial charge >= 0.3 is 0 Å². The Kier molecular flexibility index (Phi) is 3.55. The Bertz CT molecular complexity index is 491. The van der Waals surface area contributed by atoms with E-state index in [4.69, 9.17) is 0 Å². The van der Waals surface area contributed by atoms with Crippen LogP contribution in [0.15, 0.2) is 11.1 Å². The lowest BCUT2D eigenvalue weighted by Crippen LogP contribution is -2.18. The Balaban J connectivity index is 3.68. The molecule has 0 bridgehead atoms. The second kappa shape index (κ2) is 4.22. The van der Waals surface area contributed by atoms with Crippen molar-refractivity contribution in [1.29, 1.82) is 0 Å². The zero-order valence-corrected chi connectivity index (χ0v) is 9.89. The highest BCUT2D eigenvalue weighted by molar-refractivity contribution is 14.1. The maximum absolute atomic E-state index is 13.0. The number of rotatable bonds is 2. The quantitative estimate of drug-likeness (QED) is 0.646. The third-order valence-electron chi connectivity index (χ3n) is 1.48. The fraction of sp³-hybridized carbons (Fsp3) is 0.167. The van der Waals surface area contributed by atoms with Gasteiger partial charge in [0.15, 0.2) is 0 Å². The number of nitrogens with two attached hydrogens (primary N) is 1. The van der Waals surface area contributed by atoms with Crippen LogP contribution in [0.5, 0.6) is 0 Å². The molecule has 0 unspecified atom stereocenters. The van der Waals surface area contributed by atoms with Crippen LogP contribution < -0.4 is 5.14 Å². The molecular formula is C6H4F3IN2O2S. The first kappa shape index (κ1) is 12.6. The van der Waals surface area contributed by atoms with Gasteiger partial charge in [0.2, 0.25) is 16.0 Å². The van der Waals surface area contributed by atoms with Gasteiger partial charge in [-0.3, -0.25) is 0 Å². The van der Waals surface area contributed by atoms with Crippen molar-refractivity contribution >= 4 is 32.6 Å². The Labute approximate surface area is 96.9 Å². The largest absolute Gasteiger partial charge is 0.266 e. The third-order valence-corrected chi connectivity index (χ3v) is 3.30. The van der Waals surface area contributed by atoms with Gasteiger partial charge in [0.05, 0.1) is 5.56 Å². The number of aromatic nitrogens is 1. The van der Waals surface area contributed by atoms with E-state index in [9.17, 15) is 21.6 Å². The lowest BCUT2D eigenvalue weighted by molar-refractivity contribution is 0.145. The summed E-state index contributed by atoms with van der Waals surface area (Å²) >= 11 is 1.43. The van der Waals surface area contributed by atoms with Crippen molar-refractivity contribution in [3.8, 4) is 0 Å². The van der Waals surface area contributed by atoms with E-state index in [1.165, 1.54) is 22.6 Å². The maximum Gasteiger partial charge on any atom is 0.266 e. The van der Waals surface area contributed by atoms with E-state index in [1.807, 2.05) is 0 Å². The molecule has 84 valence electrons. The topological polar surface area (TPSA) is 73.1 Å². The Morgan fingerprint density at radius 3 is 2.33 bits per heavy atom. The average molecular weight is 352 g/mol. The first-order valence-corrected chi connectivity index (χ1v) is 6.02. The molecule has 0 aliphatic rings. The van der Waals surface area contributed by atoms with E-state index >= 15 is 0 Å². The Hall–Kier alpha value is -0.420. The third kappa shape index (κ3) is 2.58. The maximum atomic E-state index is 13.0. The van der Waals surface area contributed by atoms with Gasteiger partial charge in [-0.05, 0) is 22.6 Å². The van der Waals surface area contributed by atoms with Crippen LogP contribution in [0.25, 0.3) is 0 Å². The van der Waals surface area contributed by atoms with Crippen LogP contribution in [-0.4, -0.2) is 13.4 Å². The second-order valence-electron chi connectivity index (χ2n) is 2.49. The summed E-state index contributed by atoms with van der Waals surface area (Å²) < 4.78 is 59.6. The minimum Gasteiger partial charge on any atom is -0.226 e. The van der Waals surface area contributed by atoms with Gasteiger partial charge in [0.25, 0.3) is 6.43 Å². The molecule has 1 aromatic heterocycles. The van der Waals surface area contributed by atoms with Crippen molar-refractivity contribution in [1.82, 2.24) is 4.98 Å². The Morgan fingerprint density at radius 2 is 2.00 bits per heavy atom. The lowest BCUT2D eigenvalue weighted by Gasteiger charge is -2.08. The fourth-order valence-corrected chi connectivity index (χ4v) is 2.56. The number of alkyl halides is 2. The van der Waals surface area contributed by atoms with Crippen molar-refractivity contribution < 1.29 is 21.6 Å². The van der Waals surface area contributed by atoms with Crippen LogP contribution in [-0.2, 0) is 10.0 Å². The monoisotopic (exact) mass is 352 g/mol. The summed E-state index contributed by atoms with van der Waals surface area (Å²) in [5, 5.41) is 4.62. The number of primary sulfonamides is 1. The van der Waals surface area contributed by atoms with Crippen molar-refractivity contribution in [2.24, 2.45) is 5.14 Å². The SMILES string of the molecule is NS(=O)(=O)c1c(F)ncc(I)c1C(F)F. The number of nitrogens with zero attached hydrogens (tertiary/aromatic N) is 1. The number of hydrogen-bond donors (Lipinski definition) is 1. The molecule has 0 saturated carbocycles. The molecule has 0 aliphatic heterocycles. The normalized spacial score (nSPS) is 12.1. The van der Waals surface area contributed by atoms with Gasteiger partial charge in [-0.25, -0.2) is 27.3 Å². The van der Waals surface area contributed by atoms with Crippen molar-refractivity contribution in [3.63, 3.8) is 0 Å². The molecule has 1 aromatic rings. The molecule has 0 aromatic carbocycles. The molecular weight excluding hydrogens is 348 g/mol. The van der Waals surface area contributed by atoms with Crippen LogP contribution in [0.4, 0.5) is 13.2 Å². The van der Waals surface area contributed by atoms with Crippen molar-refractivity contribution in [3.05, 3.63) is 21.3 Å². The van der Waals surface area contributed by atoms with E-state index in [1.54, 1.807) is 0 Å². The molecule has 0 amide bonds.